The van der Waals surface area contributed by atoms with Gasteiger partial charge in [-0.05, 0) is 30.7 Å². The van der Waals surface area contributed by atoms with E-state index in [2.05, 4.69) is 17.8 Å². The Balaban J connectivity index is 1.80. The van der Waals surface area contributed by atoms with Crippen molar-refractivity contribution in [2.75, 3.05) is 13.2 Å². The van der Waals surface area contributed by atoms with Crippen molar-refractivity contribution < 1.29 is 19.1 Å². The summed E-state index contributed by atoms with van der Waals surface area (Å²) < 4.78 is 11.0. The number of amides is 2. The van der Waals surface area contributed by atoms with E-state index in [1.807, 2.05) is 0 Å². The largest absolute Gasteiger partial charge is 0.493 e. The number of para-hydroxylation sites is 2. The fourth-order valence-electron chi connectivity index (χ4n) is 2.43. The van der Waals surface area contributed by atoms with Crippen LogP contribution >= 0.6 is 11.6 Å². The van der Waals surface area contributed by atoms with Crippen LogP contribution in [0, 0.1) is 0 Å². The molecule has 0 fully saturated rings. The number of benzene rings is 2. The third kappa shape index (κ3) is 7.12. The number of rotatable bonds is 10. The molecule has 2 rings (SSSR count). The number of hydrazine groups is 1. The van der Waals surface area contributed by atoms with Crippen LogP contribution in [-0.2, 0) is 4.79 Å². The summed E-state index contributed by atoms with van der Waals surface area (Å²) >= 11 is 5.96. The average Bonchev–Trinajstić information content (AvgIpc) is 2.71. The van der Waals surface area contributed by atoms with Gasteiger partial charge in [0.25, 0.3) is 11.8 Å². The van der Waals surface area contributed by atoms with E-state index in [4.69, 9.17) is 21.1 Å². The van der Waals surface area contributed by atoms with Crippen LogP contribution in [0.15, 0.2) is 48.5 Å². The molecule has 150 valence electrons. The molecule has 0 atom stereocenters. The van der Waals surface area contributed by atoms with Crippen molar-refractivity contribution in [3.05, 3.63) is 59.1 Å². The highest BCUT2D eigenvalue weighted by Gasteiger charge is 2.13. The van der Waals surface area contributed by atoms with Crippen LogP contribution in [0.4, 0.5) is 0 Å². The Bertz CT molecular complexity index is 783. The van der Waals surface area contributed by atoms with Crippen LogP contribution in [0.5, 0.6) is 11.5 Å². The van der Waals surface area contributed by atoms with E-state index in [1.165, 1.54) is 0 Å². The first-order valence-corrected chi connectivity index (χ1v) is 9.68. The molecule has 0 aliphatic heterocycles. The van der Waals surface area contributed by atoms with Gasteiger partial charge in [-0.1, -0.05) is 62.1 Å². The Morgan fingerprint density at radius 3 is 2.36 bits per heavy atom. The molecule has 2 aromatic carbocycles. The van der Waals surface area contributed by atoms with Crippen molar-refractivity contribution in [1.82, 2.24) is 10.9 Å². The van der Waals surface area contributed by atoms with Gasteiger partial charge in [-0.25, -0.2) is 0 Å². The summed E-state index contributed by atoms with van der Waals surface area (Å²) in [6.45, 7) is 2.41. The summed E-state index contributed by atoms with van der Waals surface area (Å²) in [5.41, 5.74) is 5.04. The van der Waals surface area contributed by atoms with Crippen LogP contribution in [0.2, 0.25) is 5.02 Å². The van der Waals surface area contributed by atoms with Gasteiger partial charge in [0.2, 0.25) is 0 Å². The fraction of sp³-hybridized carbons (Fsp3) is 0.333. The van der Waals surface area contributed by atoms with Gasteiger partial charge in [-0.2, -0.15) is 0 Å². The van der Waals surface area contributed by atoms with Gasteiger partial charge in [-0.3, -0.25) is 20.4 Å². The number of carbonyl (C=O) groups excluding carboxylic acids is 2. The molecular weight excluding hydrogens is 380 g/mol. The number of hydrogen-bond acceptors (Lipinski definition) is 4. The lowest BCUT2D eigenvalue weighted by atomic mass is 10.2. The second-order valence-corrected chi connectivity index (χ2v) is 6.53. The Kier molecular flexibility index (Phi) is 9.15. The van der Waals surface area contributed by atoms with E-state index in [1.54, 1.807) is 48.5 Å². The predicted molar refractivity (Wildman–Crippen MR) is 109 cm³/mol. The number of halogens is 1. The molecule has 2 amide bonds. The molecule has 0 aromatic heterocycles. The quantitative estimate of drug-likeness (QED) is 0.461. The lowest BCUT2D eigenvalue weighted by Crippen LogP contribution is -2.43. The second kappa shape index (κ2) is 11.9. The van der Waals surface area contributed by atoms with Gasteiger partial charge in [-0.15, -0.1) is 0 Å². The monoisotopic (exact) mass is 404 g/mol. The summed E-state index contributed by atoms with van der Waals surface area (Å²) in [6, 6.07) is 13.7. The summed E-state index contributed by atoms with van der Waals surface area (Å²) in [7, 11) is 0. The van der Waals surface area contributed by atoms with Crippen molar-refractivity contribution in [2.24, 2.45) is 0 Å². The Morgan fingerprint density at radius 1 is 0.893 bits per heavy atom. The molecule has 28 heavy (non-hydrogen) atoms. The normalized spacial score (nSPS) is 10.2. The summed E-state index contributed by atoms with van der Waals surface area (Å²) in [5, 5.41) is 0.407. The summed E-state index contributed by atoms with van der Waals surface area (Å²) in [4.78, 5) is 24.3. The van der Waals surface area contributed by atoms with Gasteiger partial charge in [0.05, 0.1) is 17.2 Å². The third-order valence-corrected chi connectivity index (χ3v) is 4.21. The molecule has 7 heteroatoms. The average molecular weight is 405 g/mol. The maximum absolute atomic E-state index is 12.4. The van der Waals surface area contributed by atoms with Crippen molar-refractivity contribution in [2.45, 2.75) is 32.6 Å². The van der Waals surface area contributed by atoms with E-state index in [0.717, 1.165) is 25.7 Å². The van der Waals surface area contributed by atoms with Gasteiger partial charge in [0.15, 0.2) is 6.61 Å². The van der Waals surface area contributed by atoms with Crippen LogP contribution < -0.4 is 20.3 Å². The van der Waals surface area contributed by atoms with E-state index in [9.17, 15) is 9.59 Å². The first kappa shape index (κ1) is 21.6. The van der Waals surface area contributed by atoms with Gasteiger partial charge in [0, 0.05) is 0 Å². The molecule has 0 aliphatic rings. The lowest BCUT2D eigenvalue weighted by molar-refractivity contribution is -0.123. The second-order valence-electron chi connectivity index (χ2n) is 6.13. The molecule has 6 nitrogen and oxygen atoms in total. The Hall–Kier alpha value is -2.73. The smallest absolute Gasteiger partial charge is 0.276 e. The van der Waals surface area contributed by atoms with Crippen molar-refractivity contribution >= 4 is 23.4 Å². The third-order valence-electron chi connectivity index (χ3n) is 3.90. The molecule has 0 aliphatic carbocycles. The van der Waals surface area contributed by atoms with Crippen molar-refractivity contribution in [1.29, 1.82) is 0 Å². The lowest BCUT2D eigenvalue weighted by Gasteiger charge is -2.12. The first-order valence-electron chi connectivity index (χ1n) is 9.30. The Morgan fingerprint density at radius 2 is 1.61 bits per heavy atom. The zero-order chi connectivity index (χ0) is 20.2. The number of nitrogens with one attached hydrogen (secondary N) is 2. The molecule has 0 radical (unpaired) electrons. The minimum atomic E-state index is -0.508. The number of unbranched alkanes of at least 4 members (excludes halogenated alkanes) is 3. The molecule has 0 saturated carbocycles. The van der Waals surface area contributed by atoms with Gasteiger partial charge >= 0.3 is 0 Å². The van der Waals surface area contributed by atoms with E-state index in [-0.39, 0.29) is 6.61 Å². The van der Waals surface area contributed by atoms with E-state index >= 15 is 0 Å². The summed E-state index contributed by atoms with van der Waals surface area (Å²) in [6.07, 6.45) is 4.33. The molecule has 2 aromatic rings. The van der Waals surface area contributed by atoms with E-state index in [0.29, 0.717) is 28.7 Å². The summed E-state index contributed by atoms with van der Waals surface area (Å²) in [5.74, 6) is -0.0907. The molecular formula is C21H25ClN2O4. The van der Waals surface area contributed by atoms with Crippen molar-refractivity contribution in [3.63, 3.8) is 0 Å². The number of ether oxygens (including phenoxy) is 2. The van der Waals surface area contributed by atoms with Crippen LogP contribution in [-0.4, -0.2) is 25.0 Å². The fourth-order valence-corrected chi connectivity index (χ4v) is 2.62. The van der Waals surface area contributed by atoms with Crippen LogP contribution in [0.3, 0.4) is 0 Å². The number of carbonyl (C=O) groups is 2. The maximum Gasteiger partial charge on any atom is 0.276 e. The minimum Gasteiger partial charge on any atom is -0.493 e. The zero-order valence-electron chi connectivity index (χ0n) is 15.9. The first-order chi connectivity index (χ1) is 13.6. The highest BCUT2D eigenvalue weighted by molar-refractivity contribution is 6.32. The predicted octanol–water partition coefficient (Wildman–Crippen LogP) is 4.14. The topological polar surface area (TPSA) is 76.7 Å². The van der Waals surface area contributed by atoms with E-state index < -0.39 is 11.8 Å². The Labute approximate surface area is 170 Å². The SMILES string of the molecule is CCCCCCOc1ccccc1C(=O)NNC(=O)COc1ccccc1Cl. The van der Waals surface area contributed by atoms with Crippen LogP contribution in [0.1, 0.15) is 43.0 Å². The highest BCUT2D eigenvalue weighted by atomic mass is 35.5. The van der Waals surface area contributed by atoms with Gasteiger partial charge in [0.1, 0.15) is 11.5 Å². The minimum absolute atomic E-state index is 0.278. The molecule has 0 heterocycles. The molecule has 0 bridgehead atoms. The van der Waals surface area contributed by atoms with Crippen molar-refractivity contribution in [3.8, 4) is 11.5 Å². The highest BCUT2D eigenvalue weighted by Crippen LogP contribution is 2.22. The standard InChI is InChI=1S/C21H25ClN2O4/c1-2-3-4-9-14-27-18-12-7-5-10-16(18)21(26)24-23-20(25)15-28-19-13-8-6-11-17(19)22/h5-8,10-13H,2-4,9,14-15H2,1H3,(H,23,25)(H,24,26). The van der Waals surface area contributed by atoms with Gasteiger partial charge < -0.3 is 9.47 Å². The molecule has 0 saturated heterocycles. The maximum atomic E-state index is 12.4. The number of hydrogen-bond donors (Lipinski definition) is 2. The zero-order valence-corrected chi connectivity index (χ0v) is 16.6. The van der Waals surface area contributed by atoms with Crippen LogP contribution in [0.25, 0.3) is 0 Å². The molecule has 0 unspecified atom stereocenters. The molecule has 2 N–H and O–H groups in total. The molecule has 0 spiro atoms.